The number of hydrogen-bond donors (Lipinski definition) is 1. The Hall–Kier alpha value is -1.28. The minimum Gasteiger partial charge on any atom is -0.497 e. The van der Waals surface area contributed by atoms with E-state index in [2.05, 4.69) is 6.58 Å². The average Bonchev–Trinajstić information content (AvgIpc) is 2.18. The van der Waals surface area contributed by atoms with Gasteiger partial charge in [-0.3, -0.25) is 0 Å². The molecule has 0 bridgehead atoms. The maximum absolute atomic E-state index is 9.32. The zero-order valence-corrected chi connectivity index (χ0v) is 7.73. The quantitative estimate of drug-likeness (QED) is 0.712. The van der Waals surface area contributed by atoms with Crippen molar-refractivity contribution in [2.45, 2.75) is 12.5 Å². The van der Waals surface area contributed by atoms with Crippen molar-refractivity contribution in [2.24, 2.45) is 0 Å². The predicted molar refractivity (Wildman–Crippen MR) is 52.9 cm³/mol. The van der Waals surface area contributed by atoms with Crippen molar-refractivity contribution in [3.63, 3.8) is 0 Å². The number of methoxy groups -OCH3 is 1. The molecule has 0 aromatic heterocycles. The molecule has 13 heavy (non-hydrogen) atoms. The molecule has 70 valence electrons. The molecule has 0 amide bonds. The summed E-state index contributed by atoms with van der Waals surface area (Å²) in [6.45, 7) is 3.52. The molecule has 0 heterocycles. The monoisotopic (exact) mass is 178 g/mol. The molecular formula is C11H14O2. The third-order valence-corrected chi connectivity index (χ3v) is 1.85. The van der Waals surface area contributed by atoms with Gasteiger partial charge in [-0.2, -0.15) is 0 Å². The Bertz CT molecular complexity index is 281. The van der Waals surface area contributed by atoms with E-state index >= 15 is 0 Å². The van der Waals surface area contributed by atoms with Crippen molar-refractivity contribution in [2.75, 3.05) is 7.11 Å². The molecule has 0 aliphatic rings. The lowest BCUT2D eigenvalue weighted by molar-refractivity contribution is 0.224. The fourth-order valence-corrected chi connectivity index (χ4v) is 1.12. The number of rotatable bonds is 4. The van der Waals surface area contributed by atoms with Gasteiger partial charge in [-0.15, -0.1) is 6.58 Å². The van der Waals surface area contributed by atoms with E-state index in [0.717, 1.165) is 11.3 Å². The third kappa shape index (κ3) is 2.92. The summed E-state index contributed by atoms with van der Waals surface area (Å²) in [5.74, 6) is 0.814. The molecule has 1 aromatic carbocycles. The molecule has 1 aromatic rings. The van der Waals surface area contributed by atoms with Gasteiger partial charge in [-0.1, -0.05) is 18.2 Å². The second-order valence-electron chi connectivity index (χ2n) is 2.86. The Kier molecular flexibility index (Phi) is 3.53. The molecule has 1 N–H and O–H groups in total. The van der Waals surface area contributed by atoms with Crippen molar-refractivity contribution in [1.82, 2.24) is 0 Å². The Labute approximate surface area is 78.5 Å². The highest BCUT2D eigenvalue weighted by Crippen LogP contribution is 2.13. The van der Waals surface area contributed by atoms with E-state index in [4.69, 9.17) is 4.74 Å². The summed E-state index contributed by atoms with van der Waals surface area (Å²) < 4.78 is 5.06. The van der Waals surface area contributed by atoms with E-state index < -0.39 is 6.10 Å². The van der Waals surface area contributed by atoms with E-state index in [1.165, 1.54) is 6.08 Å². The van der Waals surface area contributed by atoms with Crippen LogP contribution in [0.15, 0.2) is 36.9 Å². The van der Waals surface area contributed by atoms with Gasteiger partial charge in [0.25, 0.3) is 0 Å². The van der Waals surface area contributed by atoms with Gasteiger partial charge in [0.1, 0.15) is 5.75 Å². The molecule has 0 aliphatic heterocycles. The highest BCUT2D eigenvalue weighted by molar-refractivity contribution is 5.29. The first kappa shape index (κ1) is 9.81. The molecule has 0 spiro atoms. The van der Waals surface area contributed by atoms with Gasteiger partial charge in [-0.25, -0.2) is 0 Å². The first-order valence-corrected chi connectivity index (χ1v) is 4.20. The Morgan fingerprint density at radius 1 is 1.62 bits per heavy atom. The van der Waals surface area contributed by atoms with Gasteiger partial charge in [0.15, 0.2) is 0 Å². The van der Waals surface area contributed by atoms with E-state index in [1.807, 2.05) is 24.3 Å². The molecule has 1 rings (SSSR count). The fourth-order valence-electron chi connectivity index (χ4n) is 1.12. The van der Waals surface area contributed by atoms with Gasteiger partial charge in [0, 0.05) is 6.42 Å². The largest absolute Gasteiger partial charge is 0.497 e. The van der Waals surface area contributed by atoms with E-state index in [-0.39, 0.29) is 0 Å². The molecule has 0 aliphatic carbocycles. The van der Waals surface area contributed by atoms with Crippen molar-refractivity contribution in [1.29, 1.82) is 0 Å². The van der Waals surface area contributed by atoms with Gasteiger partial charge in [-0.05, 0) is 17.7 Å². The summed E-state index contributed by atoms with van der Waals surface area (Å²) in [6.07, 6.45) is 1.63. The summed E-state index contributed by atoms with van der Waals surface area (Å²) in [5.41, 5.74) is 1.05. The normalized spacial score (nSPS) is 12.2. The van der Waals surface area contributed by atoms with Crippen molar-refractivity contribution < 1.29 is 9.84 Å². The highest BCUT2D eigenvalue weighted by atomic mass is 16.5. The molecule has 1 unspecified atom stereocenters. The van der Waals surface area contributed by atoms with Crippen LogP contribution in [-0.4, -0.2) is 18.3 Å². The predicted octanol–water partition coefficient (Wildman–Crippen LogP) is 1.78. The number of benzene rings is 1. The zero-order chi connectivity index (χ0) is 9.68. The van der Waals surface area contributed by atoms with Crippen molar-refractivity contribution >= 4 is 0 Å². The second kappa shape index (κ2) is 4.67. The van der Waals surface area contributed by atoms with Crippen LogP contribution in [0.1, 0.15) is 5.56 Å². The van der Waals surface area contributed by atoms with Crippen LogP contribution in [0.4, 0.5) is 0 Å². The van der Waals surface area contributed by atoms with E-state index in [1.54, 1.807) is 7.11 Å². The first-order valence-electron chi connectivity index (χ1n) is 4.20. The smallest absolute Gasteiger partial charge is 0.119 e. The minimum absolute atomic E-state index is 0.480. The van der Waals surface area contributed by atoms with Crippen LogP contribution < -0.4 is 4.74 Å². The molecule has 0 radical (unpaired) electrons. The van der Waals surface area contributed by atoms with Gasteiger partial charge < -0.3 is 9.84 Å². The summed E-state index contributed by atoms with van der Waals surface area (Å²) in [6, 6.07) is 7.65. The molecule has 0 saturated heterocycles. The van der Waals surface area contributed by atoms with Gasteiger partial charge >= 0.3 is 0 Å². The van der Waals surface area contributed by atoms with Gasteiger partial charge in [0.2, 0.25) is 0 Å². The third-order valence-electron chi connectivity index (χ3n) is 1.85. The van der Waals surface area contributed by atoms with Crippen LogP contribution in [0.25, 0.3) is 0 Å². The fraction of sp³-hybridized carbons (Fsp3) is 0.273. The molecule has 1 atom stereocenters. The van der Waals surface area contributed by atoms with Gasteiger partial charge in [0.05, 0.1) is 13.2 Å². The van der Waals surface area contributed by atoms with E-state index in [0.29, 0.717) is 6.42 Å². The van der Waals surface area contributed by atoms with Crippen LogP contribution in [0.5, 0.6) is 5.75 Å². The number of hydrogen-bond acceptors (Lipinski definition) is 2. The standard InChI is InChI=1S/C11H14O2/c1-3-10(12)7-9-5-4-6-11(8-9)13-2/h3-6,8,10,12H,1,7H2,2H3. The average molecular weight is 178 g/mol. The topological polar surface area (TPSA) is 29.5 Å². The zero-order valence-electron chi connectivity index (χ0n) is 7.73. The first-order chi connectivity index (χ1) is 6.26. The summed E-state index contributed by atoms with van der Waals surface area (Å²) in [5, 5.41) is 9.32. The number of aliphatic hydroxyl groups is 1. The molecular weight excluding hydrogens is 164 g/mol. The highest BCUT2D eigenvalue weighted by Gasteiger charge is 2.01. The summed E-state index contributed by atoms with van der Waals surface area (Å²) in [7, 11) is 1.63. The lowest BCUT2D eigenvalue weighted by Gasteiger charge is -2.06. The van der Waals surface area contributed by atoms with Crippen LogP contribution in [0.3, 0.4) is 0 Å². The SMILES string of the molecule is C=CC(O)Cc1cccc(OC)c1. The summed E-state index contributed by atoms with van der Waals surface area (Å²) in [4.78, 5) is 0. The molecule has 2 nitrogen and oxygen atoms in total. The van der Waals surface area contributed by atoms with Crippen LogP contribution in [0, 0.1) is 0 Å². The molecule has 2 heteroatoms. The van der Waals surface area contributed by atoms with Crippen LogP contribution in [-0.2, 0) is 6.42 Å². The van der Waals surface area contributed by atoms with Crippen molar-refractivity contribution in [3.05, 3.63) is 42.5 Å². The number of aliphatic hydroxyl groups excluding tert-OH is 1. The Morgan fingerprint density at radius 2 is 2.38 bits per heavy atom. The lowest BCUT2D eigenvalue weighted by atomic mass is 10.1. The maximum Gasteiger partial charge on any atom is 0.119 e. The Morgan fingerprint density at radius 3 is 3.00 bits per heavy atom. The Balaban J connectivity index is 2.71. The maximum atomic E-state index is 9.32. The number of ether oxygens (including phenoxy) is 1. The lowest BCUT2D eigenvalue weighted by Crippen LogP contribution is -2.05. The molecule has 0 fully saturated rings. The van der Waals surface area contributed by atoms with Crippen molar-refractivity contribution in [3.8, 4) is 5.75 Å². The second-order valence-corrected chi connectivity index (χ2v) is 2.86. The summed E-state index contributed by atoms with van der Waals surface area (Å²) >= 11 is 0. The van der Waals surface area contributed by atoms with Crippen LogP contribution in [0.2, 0.25) is 0 Å². The molecule has 0 saturated carbocycles. The minimum atomic E-state index is -0.480. The van der Waals surface area contributed by atoms with Crippen LogP contribution >= 0.6 is 0 Å². The van der Waals surface area contributed by atoms with E-state index in [9.17, 15) is 5.11 Å².